The first-order valence-electron chi connectivity index (χ1n) is 11.3. The van der Waals surface area contributed by atoms with E-state index in [1.807, 2.05) is 24.3 Å². The largest absolute Gasteiger partial charge is 0.491 e. The number of nitrogens with two attached hydrogens (primary N) is 2. The Morgan fingerprint density at radius 2 is 2.00 bits per heavy atom. The van der Waals surface area contributed by atoms with E-state index in [2.05, 4.69) is 39.4 Å². The number of aliphatic hydroxyl groups excluding tert-OH is 2. The van der Waals surface area contributed by atoms with Gasteiger partial charge in [-0.15, -0.1) is 0 Å². The standard InChI is InChI=1S/C23H32ClN7O4/c1-23(2,8-7-13-3-5-16(6-4-13)35-12-15(33)11-32)9-14-10-27-22(28-14)31-21(34)17-19(25)30-20(26)18(24)29-17/h3-6,14-15,32-33H,7-12H2,1-2H3,(H4,25,26,30)(H2,27,28,31,34)/t14-,15?/m0/s1. The van der Waals surface area contributed by atoms with Crippen LogP contribution in [0.15, 0.2) is 29.3 Å². The van der Waals surface area contributed by atoms with E-state index in [4.69, 9.17) is 32.9 Å². The van der Waals surface area contributed by atoms with Crippen molar-refractivity contribution in [3.8, 4) is 5.75 Å². The Morgan fingerprint density at radius 1 is 1.29 bits per heavy atom. The molecule has 1 aliphatic rings. The summed E-state index contributed by atoms with van der Waals surface area (Å²) in [5.74, 6) is 0.170. The van der Waals surface area contributed by atoms with Crippen molar-refractivity contribution in [3.63, 3.8) is 0 Å². The fourth-order valence-corrected chi connectivity index (χ4v) is 3.84. The minimum Gasteiger partial charge on any atom is -0.491 e. The summed E-state index contributed by atoms with van der Waals surface area (Å²) >= 11 is 5.85. The average Bonchev–Trinajstić information content (AvgIpc) is 3.24. The molecule has 3 rings (SSSR count). The van der Waals surface area contributed by atoms with Gasteiger partial charge in [0.05, 0.1) is 6.61 Å². The number of hydrogen-bond donors (Lipinski definition) is 6. The maximum absolute atomic E-state index is 12.5. The first-order valence-corrected chi connectivity index (χ1v) is 11.7. The maximum atomic E-state index is 12.5. The van der Waals surface area contributed by atoms with E-state index in [1.165, 1.54) is 5.56 Å². The third kappa shape index (κ3) is 7.67. The van der Waals surface area contributed by atoms with Gasteiger partial charge in [0.2, 0.25) is 0 Å². The van der Waals surface area contributed by atoms with Gasteiger partial charge in [-0.3, -0.25) is 4.79 Å². The maximum Gasteiger partial charge on any atom is 0.302 e. The number of carbonyl (C=O) groups is 1. The van der Waals surface area contributed by atoms with E-state index >= 15 is 0 Å². The SMILES string of the molecule is CC(C)(CCc1ccc(OCC(O)CO)cc1)C[C@H]1CN/C(=N/C(=O)c2nc(Cl)c(N)nc2N)N1. The number of hydrogen-bond acceptors (Lipinski definition) is 8. The summed E-state index contributed by atoms with van der Waals surface area (Å²) in [6.07, 6.45) is 1.82. The van der Waals surface area contributed by atoms with Crippen LogP contribution in [0, 0.1) is 5.41 Å². The lowest BCUT2D eigenvalue weighted by Gasteiger charge is -2.27. The molecule has 0 radical (unpaired) electrons. The number of benzene rings is 1. The highest BCUT2D eigenvalue weighted by atomic mass is 35.5. The number of anilines is 2. The zero-order valence-corrected chi connectivity index (χ0v) is 20.5. The predicted octanol–water partition coefficient (Wildman–Crippen LogP) is 1.13. The van der Waals surface area contributed by atoms with Crippen LogP contribution in [0.3, 0.4) is 0 Å². The molecule has 1 unspecified atom stereocenters. The number of carbonyl (C=O) groups excluding carboxylic acids is 1. The van der Waals surface area contributed by atoms with Gasteiger partial charge >= 0.3 is 5.91 Å². The summed E-state index contributed by atoms with van der Waals surface area (Å²) in [4.78, 5) is 24.2. The number of rotatable bonds is 10. The van der Waals surface area contributed by atoms with Crippen molar-refractivity contribution in [1.82, 2.24) is 20.6 Å². The van der Waals surface area contributed by atoms with Gasteiger partial charge in [-0.1, -0.05) is 37.6 Å². The summed E-state index contributed by atoms with van der Waals surface area (Å²) < 4.78 is 5.44. The first kappa shape index (κ1) is 26.5. The lowest BCUT2D eigenvalue weighted by Crippen LogP contribution is -2.33. The summed E-state index contributed by atoms with van der Waals surface area (Å²) in [6, 6.07) is 7.82. The van der Waals surface area contributed by atoms with Gasteiger partial charge in [-0.05, 0) is 42.4 Å². The lowest BCUT2D eigenvalue weighted by atomic mass is 9.80. The number of amides is 1. The molecular formula is C23H32ClN7O4. The molecular weight excluding hydrogens is 474 g/mol. The highest BCUT2D eigenvalue weighted by Gasteiger charge is 2.28. The second-order valence-corrected chi connectivity index (χ2v) is 9.64. The third-order valence-electron chi connectivity index (χ3n) is 5.64. The molecule has 2 aromatic rings. The van der Waals surface area contributed by atoms with Crippen LogP contribution >= 0.6 is 11.6 Å². The number of aliphatic hydroxyl groups is 2. The van der Waals surface area contributed by atoms with Gasteiger partial charge in [-0.25, -0.2) is 9.97 Å². The quantitative estimate of drug-likeness (QED) is 0.274. The van der Waals surface area contributed by atoms with Crippen molar-refractivity contribution in [1.29, 1.82) is 0 Å². The minimum atomic E-state index is -0.888. The molecule has 35 heavy (non-hydrogen) atoms. The molecule has 12 heteroatoms. The van der Waals surface area contributed by atoms with Crippen LogP contribution in [-0.4, -0.2) is 64.0 Å². The van der Waals surface area contributed by atoms with Crippen molar-refractivity contribution in [2.75, 3.05) is 31.2 Å². The Labute approximate surface area is 209 Å². The summed E-state index contributed by atoms with van der Waals surface area (Å²) in [7, 11) is 0. The van der Waals surface area contributed by atoms with Gasteiger partial charge in [-0.2, -0.15) is 4.99 Å². The summed E-state index contributed by atoms with van der Waals surface area (Å²) in [5, 5.41) is 24.5. The number of ether oxygens (including phenoxy) is 1. The molecule has 0 spiro atoms. The molecule has 1 aromatic carbocycles. The minimum absolute atomic E-state index is 0.0274. The lowest BCUT2D eigenvalue weighted by molar-refractivity contribution is 0.0536. The van der Waals surface area contributed by atoms with Gasteiger partial charge in [0.25, 0.3) is 0 Å². The topological polar surface area (TPSA) is 181 Å². The van der Waals surface area contributed by atoms with Crippen LogP contribution in [0.25, 0.3) is 0 Å². The van der Waals surface area contributed by atoms with Crippen LogP contribution in [0.5, 0.6) is 5.75 Å². The van der Waals surface area contributed by atoms with E-state index in [9.17, 15) is 9.90 Å². The van der Waals surface area contributed by atoms with Crippen molar-refractivity contribution >= 4 is 35.1 Å². The first-order chi connectivity index (χ1) is 16.6. The number of aliphatic imine (C=N–C) groups is 1. The fraction of sp³-hybridized carbons (Fsp3) is 0.478. The highest BCUT2D eigenvalue weighted by molar-refractivity contribution is 6.31. The molecule has 8 N–H and O–H groups in total. The van der Waals surface area contributed by atoms with Crippen LogP contribution in [0.1, 0.15) is 42.7 Å². The number of aromatic nitrogens is 2. The second kappa shape index (κ2) is 11.5. The molecule has 1 amide bonds. The fourth-order valence-electron chi connectivity index (χ4n) is 3.71. The molecule has 1 saturated heterocycles. The van der Waals surface area contributed by atoms with Crippen LogP contribution in [-0.2, 0) is 6.42 Å². The molecule has 190 valence electrons. The smallest absolute Gasteiger partial charge is 0.302 e. The van der Waals surface area contributed by atoms with Crippen LogP contribution < -0.4 is 26.8 Å². The van der Waals surface area contributed by atoms with E-state index in [0.29, 0.717) is 18.3 Å². The van der Waals surface area contributed by atoms with Gasteiger partial charge in [0.1, 0.15) is 18.5 Å². The molecule has 11 nitrogen and oxygen atoms in total. The Balaban J connectivity index is 1.50. The van der Waals surface area contributed by atoms with E-state index in [-0.39, 0.29) is 47.2 Å². The zero-order chi connectivity index (χ0) is 25.6. The van der Waals surface area contributed by atoms with E-state index in [0.717, 1.165) is 19.3 Å². The molecule has 0 saturated carbocycles. The van der Waals surface area contributed by atoms with E-state index in [1.54, 1.807) is 0 Å². The number of halogens is 1. The normalized spacial score (nSPS) is 17.6. The Kier molecular flexibility index (Phi) is 8.71. The van der Waals surface area contributed by atoms with E-state index < -0.39 is 12.0 Å². The molecule has 1 aliphatic heterocycles. The van der Waals surface area contributed by atoms with Crippen LogP contribution in [0.4, 0.5) is 11.6 Å². The van der Waals surface area contributed by atoms with Gasteiger partial charge in [0, 0.05) is 12.6 Å². The Hall–Kier alpha value is -3.15. The third-order valence-corrected chi connectivity index (χ3v) is 5.92. The van der Waals surface area contributed by atoms with Gasteiger partial charge < -0.3 is 37.1 Å². The zero-order valence-electron chi connectivity index (χ0n) is 19.8. The predicted molar refractivity (Wildman–Crippen MR) is 134 cm³/mol. The number of guanidine groups is 1. The van der Waals surface area contributed by atoms with Gasteiger partial charge in [0.15, 0.2) is 28.4 Å². The molecule has 1 aromatic heterocycles. The highest BCUT2D eigenvalue weighted by Crippen LogP contribution is 2.29. The molecule has 2 atom stereocenters. The Morgan fingerprint density at radius 3 is 2.69 bits per heavy atom. The monoisotopic (exact) mass is 505 g/mol. The number of nitrogens with one attached hydrogen (secondary N) is 2. The number of nitrogen functional groups attached to an aromatic ring is 2. The summed E-state index contributed by atoms with van der Waals surface area (Å²) in [5.41, 5.74) is 12.3. The van der Waals surface area contributed by atoms with Crippen molar-refractivity contribution in [2.24, 2.45) is 10.4 Å². The van der Waals surface area contributed by atoms with Crippen molar-refractivity contribution in [3.05, 3.63) is 40.7 Å². The van der Waals surface area contributed by atoms with Crippen molar-refractivity contribution in [2.45, 2.75) is 45.3 Å². The molecule has 0 bridgehead atoms. The molecule has 0 aliphatic carbocycles. The average molecular weight is 506 g/mol. The number of nitrogens with zero attached hydrogens (tertiary/aromatic N) is 3. The van der Waals surface area contributed by atoms with Crippen LogP contribution in [0.2, 0.25) is 5.15 Å². The second-order valence-electron chi connectivity index (χ2n) is 9.28. The van der Waals surface area contributed by atoms with Crippen molar-refractivity contribution < 1.29 is 19.7 Å². The Bertz CT molecular complexity index is 1060. The molecule has 1 fully saturated rings. The summed E-state index contributed by atoms with van der Waals surface area (Å²) in [6.45, 7) is 4.76. The molecule has 2 heterocycles. The number of aryl methyl sites for hydroxylation is 1.